The number of H-pyrrole nitrogens is 1. The molecular weight excluding hydrogens is 352 g/mol. The first-order valence-electron chi connectivity index (χ1n) is 8.34. The number of hydrogen-bond acceptors (Lipinski definition) is 6. The molecule has 0 saturated carbocycles. The third kappa shape index (κ3) is 4.87. The minimum atomic E-state index is -0.693. The fourth-order valence-electron chi connectivity index (χ4n) is 2.54. The second-order valence-corrected chi connectivity index (χ2v) is 5.70. The number of aromatic nitrogens is 1. The van der Waals surface area contributed by atoms with Crippen molar-refractivity contribution < 1.29 is 28.6 Å². The van der Waals surface area contributed by atoms with Gasteiger partial charge in [-0.2, -0.15) is 0 Å². The van der Waals surface area contributed by atoms with Crippen LogP contribution in [0.4, 0.5) is 5.69 Å². The van der Waals surface area contributed by atoms with Crippen LogP contribution in [0.1, 0.15) is 39.0 Å². The van der Waals surface area contributed by atoms with E-state index in [1.54, 1.807) is 52.1 Å². The minimum absolute atomic E-state index is 0.198. The van der Waals surface area contributed by atoms with Crippen molar-refractivity contribution in [1.82, 2.24) is 4.98 Å². The van der Waals surface area contributed by atoms with Crippen LogP contribution in [0.3, 0.4) is 0 Å². The van der Waals surface area contributed by atoms with Gasteiger partial charge in [0, 0.05) is 11.4 Å². The summed E-state index contributed by atoms with van der Waals surface area (Å²) in [5.41, 5.74) is 1.86. The van der Waals surface area contributed by atoms with E-state index in [2.05, 4.69) is 10.3 Å². The number of carbonyl (C=O) groups excluding carboxylic acids is 3. The fourth-order valence-corrected chi connectivity index (χ4v) is 2.54. The zero-order chi connectivity index (χ0) is 20.0. The average molecular weight is 374 g/mol. The number of methoxy groups -OCH3 is 1. The summed E-state index contributed by atoms with van der Waals surface area (Å²) < 4.78 is 15.1. The van der Waals surface area contributed by atoms with E-state index in [0.29, 0.717) is 22.7 Å². The van der Waals surface area contributed by atoms with Crippen molar-refractivity contribution in [2.75, 3.05) is 25.6 Å². The molecule has 1 aromatic carbocycles. The van der Waals surface area contributed by atoms with Gasteiger partial charge in [-0.15, -0.1) is 0 Å². The number of nitrogens with one attached hydrogen (secondary N) is 2. The van der Waals surface area contributed by atoms with Crippen LogP contribution in [-0.4, -0.2) is 43.2 Å². The third-order valence-electron chi connectivity index (χ3n) is 3.83. The standard InChI is InChI=1S/C19H22N2O6/c1-5-26-19(24)17-11(2)16(12(3)20-17)18(23)27-10-15(22)21-13-6-8-14(25-4)9-7-13/h6-9,20H,5,10H2,1-4H3,(H,21,22). The number of benzene rings is 1. The Labute approximate surface area is 156 Å². The van der Waals surface area contributed by atoms with Gasteiger partial charge in [0.05, 0.1) is 19.3 Å². The van der Waals surface area contributed by atoms with Crippen LogP contribution >= 0.6 is 0 Å². The summed E-state index contributed by atoms with van der Waals surface area (Å²) in [6.07, 6.45) is 0. The maximum absolute atomic E-state index is 12.3. The van der Waals surface area contributed by atoms with Gasteiger partial charge < -0.3 is 24.5 Å². The SMILES string of the molecule is CCOC(=O)c1[nH]c(C)c(C(=O)OCC(=O)Nc2ccc(OC)cc2)c1C. The second kappa shape index (κ2) is 8.88. The lowest BCUT2D eigenvalue weighted by Crippen LogP contribution is -2.21. The molecular formula is C19H22N2O6. The first kappa shape index (κ1) is 20.0. The van der Waals surface area contributed by atoms with Crippen LogP contribution in [0, 0.1) is 13.8 Å². The first-order chi connectivity index (χ1) is 12.9. The quantitative estimate of drug-likeness (QED) is 0.722. The van der Waals surface area contributed by atoms with E-state index in [1.807, 2.05) is 0 Å². The number of hydrogen-bond donors (Lipinski definition) is 2. The van der Waals surface area contributed by atoms with Crippen LogP contribution in [0.25, 0.3) is 0 Å². The first-order valence-corrected chi connectivity index (χ1v) is 8.34. The van der Waals surface area contributed by atoms with Crippen molar-refractivity contribution >= 4 is 23.5 Å². The summed E-state index contributed by atoms with van der Waals surface area (Å²) in [7, 11) is 1.55. The highest BCUT2D eigenvalue weighted by atomic mass is 16.5. The summed E-state index contributed by atoms with van der Waals surface area (Å²) >= 11 is 0. The third-order valence-corrected chi connectivity index (χ3v) is 3.83. The van der Waals surface area contributed by atoms with Crippen LogP contribution in [-0.2, 0) is 14.3 Å². The Morgan fingerprint density at radius 3 is 2.30 bits per heavy atom. The fraction of sp³-hybridized carbons (Fsp3) is 0.316. The molecule has 0 fully saturated rings. The molecule has 27 heavy (non-hydrogen) atoms. The molecule has 1 aromatic heterocycles. The summed E-state index contributed by atoms with van der Waals surface area (Å²) in [6, 6.07) is 6.74. The maximum atomic E-state index is 12.3. The number of ether oxygens (including phenoxy) is 3. The number of amides is 1. The summed E-state index contributed by atoms with van der Waals surface area (Å²) in [5.74, 6) is -1.06. The Bertz CT molecular complexity index is 839. The van der Waals surface area contributed by atoms with Gasteiger partial charge in [0.15, 0.2) is 6.61 Å². The Kier molecular flexibility index (Phi) is 6.59. The molecule has 0 saturated heterocycles. The van der Waals surface area contributed by atoms with Crippen molar-refractivity contribution in [3.8, 4) is 5.75 Å². The maximum Gasteiger partial charge on any atom is 0.355 e. The van der Waals surface area contributed by atoms with Gasteiger partial charge in [0.1, 0.15) is 11.4 Å². The largest absolute Gasteiger partial charge is 0.497 e. The molecule has 144 valence electrons. The number of anilines is 1. The Balaban J connectivity index is 1.98. The molecule has 0 bridgehead atoms. The van der Waals surface area contributed by atoms with Gasteiger partial charge in [0.2, 0.25) is 0 Å². The molecule has 2 rings (SSSR count). The van der Waals surface area contributed by atoms with Gasteiger partial charge in [0.25, 0.3) is 5.91 Å². The molecule has 2 N–H and O–H groups in total. The summed E-state index contributed by atoms with van der Waals surface area (Å²) in [4.78, 5) is 39.0. The summed E-state index contributed by atoms with van der Waals surface area (Å²) in [5, 5.41) is 2.62. The van der Waals surface area contributed by atoms with E-state index >= 15 is 0 Å². The molecule has 0 atom stereocenters. The van der Waals surface area contributed by atoms with E-state index in [4.69, 9.17) is 14.2 Å². The molecule has 1 heterocycles. The topological polar surface area (TPSA) is 107 Å². The van der Waals surface area contributed by atoms with Crippen molar-refractivity contribution in [1.29, 1.82) is 0 Å². The molecule has 0 aliphatic carbocycles. The molecule has 8 heteroatoms. The highest BCUT2D eigenvalue weighted by Crippen LogP contribution is 2.20. The zero-order valence-corrected chi connectivity index (χ0v) is 15.7. The predicted octanol–water partition coefficient (Wildman–Crippen LogP) is 2.61. The van der Waals surface area contributed by atoms with Crippen LogP contribution in [0.15, 0.2) is 24.3 Å². The van der Waals surface area contributed by atoms with Gasteiger partial charge in [-0.25, -0.2) is 9.59 Å². The number of aryl methyl sites for hydroxylation is 1. The predicted molar refractivity (Wildman–Crippen MR) is 98.1 cm³/mol. The summed E-state index contributed by atoms with van der Waals surface area (Å²) in [6.45, 7) is 4.72. The molecule has 1 amide bonds. The monoisotopic (exact) mass is 374 g/mol. The van der Waals surface area contributed by atoms with E-state index in [0.717, 1.165) is 0 Å². The normalized spacial score (nSPS) is 10.2. The van der Waals surface area contributed by atoms with Gasteiger partial charge in [-0.3, -0.25) is 4.79 Å². The van der Waals surface area contributed by atoms with E-state index < -0.39 is 24.5 Å². The molecule has 0 spiro atoms. The number of esters is 2. The Morgan fingerprint density at radius 1 is 1.04 bits per heavy atom. The number of aromatic amines is 1. The van der Waals surface area contributed by atoms with Crippen LogP contribution in [0.5, 0.6) is 5.75 Å². The number of carbonyl (C=O) groups is 3. The lowest BCUT2D eigenvalue weighted by atomic mass is 10.1. The van der Waals surface area contributed by atoms with Gasteiger partial charge in [-0.1, -0.05) is 0 Å². The van der Waals surface area contributed by atoms with E-state index in [1.165, 1.54) is 0 Å². The zero-order valence-electron chi connectivity index (χ0n) is 15.7. The van der Waals surface area contributed by atoms with Crippen molar-refractivity contribution in [2.24, 2.45) is 0 Å². The Hall–Kier alpha value is -3.29. The smallest absolute Gasteiger partial charge is 0.355 e. The Morgan fingerprint density at radius 2 is 1.70 bits per heavy atom. The number of rotatable bonds is 7. The average Bonchev–Trinajstić information content (AvgIpc) is 2.95. The second-order valence-electron chi connectivity index (χ2n) is 5.70. The molecule has 2 aromatic rings. The molecule has 0 aliphatic rings. The lowest BCUT2D eigenvalue weighted by molar-refractivity contribution is -0.119. The molecule has 0 aliphatic heterocycles. The van der Waals surface area contributed by atoms with Crippen molar-refractivity contribution in [3.63, 3.8) is 0 Å². The van der Waals surface area contributed by atoms with Crippen LogP contribution < -0.4 is 10.1 Å². The lowest BCUT2D eigenvalue weighted by Gasteiger charge is -2.08. The van der Waals surface area contributed by atoms with Gasteiger partial charge >= 0.3 is 11.9 Å². The molecule has 8 nitrogen and oxygen atoms in total. The van der Waals surface area contributed by atoms with E-state index in [9.17, 15) is 14.4 Å². The minimum Gasteiger partial charge on any atom is -0.497 e. The highest BCUT2D eigenvalue weighted by molar-refractivity contribution is 6.00. The van der Waals surface area contributed by atoms with Crippen LogP contribution in [0.2, 0.25) is 0 Å². The highest BCUT2D eigenvalue weighted by Gasteiger charge is 2.24. The van der Waals surface area contributed by atoms with Gasteiger partial charge in [-0.05, 0) is 50.6 Å². The van der Waals surface area contributed by atoms with Crippen molar-refractivity contribution in [2.45, 2.75) is 20.8 Å². The molecule has 0 unspecified atom stereocenters. The molecule has 0 radical (unpaired) electrons. The van der Waals surface area contributed by atoms with Crippen molar-refractivity contribution in [3.05, 3.63) is 46.8 Å². The van der Waals surface area contributed by atoms with E-state index in [-0.39, 0.29) is 17.9 Å².